The Hall–Kier alpha value is -0.160. The molecule has 0 saturated carbocycles. The van der Waals surface area contributed by atoms with Crippen LogP contribution in [0.25, 0.3) is 0 Å². The maximum atomic E-state index is 5.39. The van der Waals surface area contributed by atoms with Gasteiger partial charge in [0.15, 0.2) is 0 Å². The van der Waals surface area contributed by atoms with Gasteiger partial charge in [-0.3, -0.25) is 4.90 Å². The summed E-state index contributed by atoms with van der Waals surface area (Å²) in [4.78, 5) is 5.18. The van der Waals surface area contributed by atoms with Gasteiger partial charge in [-0.1, -0.05) is 6.92 Å². The van der Waals surface area contributed by atoms with Crippen molar-refractivity contribution in [2.24, 2.45) is 5.92 Å². The quantitative estimate of drug-likeness (QED) is 0.692. The molecule has 0 bridgehead atoms. The van der Waals surface area contributed by atoms with E-state index in [0.29, 0.717) is 6.04 Å². The fraction of sp³-hybridized carbons (Fsp3) is 1.00. The number of hydrogen-bond donors (Lipinski definition) is 1. The Morgan fingerprint density at radius 3 is 2.71 bits per heavy atom. The highest BCUT2D eigenvalue weighted by atomic mass is 16.5. The summed E-state index contributed by atoms with van der Waals surface area (Å²) < 4.78 is 5.39. The van der Waals surface area contributed by atoms with Crippen molar-refractivity contribution in [3.63, 3.8) is 0 Å². The van der Waals surface area contributed by atoms with Gasteiger partial charge in [-0.05, 0) is 64.7 Å². The van der Waals surface area contributed by atoms with Gasteiger partial charge in [-0.2, -0.15) is 0 Å². The van der Waals surface area contributed by atoms with Crippen LogP contribution in [0.2, 0.25) is 0 Å². The fourth-order valence-electron chi connectivity index (χ4n) is 3.64. The molecule has 2 rings (SSSR count). The highest BCUT2D eigenvalue weighted by Gasteiger charge is 2.23. The van der Waals surface area contributed by atoms with E-state index in [1.807, 2.05) is 0 Å². The first kappa shape index (κ1) is 17.2. The molecule has 124 valence electrons. The largest absolute Gasteiger partial charge is 0.379 e. The number of morpholine rings is 1. The van der Waals surface area contributed by atoms with Crippen LogP contribution in [0, 0.1) is 5.92 Å². The van der Waals surface area contributed by atoms with Gasteiger partial charge in [-0.25, -0.2) is 0 Å². The van der Waals surface area contributed by atoms with E-state index in [1.54, 1.807) is 0 Å². The summed E-state index contributed by atoms with van der Waals surface area (Å²) in [6, 6.07) is 0.661. The zero-order valence-corrected chi connectivity index (χ0v) is 14.1. The third kappa shape index (κ3) is 6.23. The number of likely N-dealkylation sites (tertiary alicyclic amines) is 1. The lowest BCUT2D eigenvalue weighted by molar-refractivity contribution is 0.0372. The maximum Gasteiger partial charge on any atom is 0.0594 e. The molecule has 0 spiro atoms. The second-order valence-electron chi connectivity index (χ2n) is 6.75. The first-order chi connectivity index (χ1) is 10.3. The summed E-state index contributed by atoms with van der Waals surface area (Å²) in [6.45, 7) is 15.0. The smallest absolute Gasteiger partial charge is 0.0594 e. The minimum Gasteiger partial charge on any atom is -0.379 e. The Balaban J connectivity index is 1.56. The van der Waals surface area contributed by atoms with Gasteiger partial charge in [-0.15, -0.1) is 0 Å². The van der Waals surface area contributed by atoms with E-state index in [1.165, 1.54) is 51.9 Å². The van der Waals surface area contributed by atoms with Crippen molar-refractivity contribution in [2.45, 2.75) is 45.6 Å². The number of ether oxygens (including phenoxy) is 1. The first-order valence-corrected chi connectivity index (χ1v) is 9.05. The average Bonchev–Trinajstić information content (AvgIpc) is 2.53. The zero-order valence-electron chi connectivity index (χ0n) is 14.1. The van der Waals surface area contributed by atoms with Crippen LogP contribution < -0.4 is 5.32 Å². The molecule has 2 aliphatic rings. The van der Waals surface area contributed by atoms with Gasteiger partial charge >= 0.3 is 0 Å². The molecule has 4 heteroatoms. The van der Waals surface area contributed by atoms with Gasteiger partial charge in [0.05, 0.1) is 13.2 Å². The molecule has 21 heavy (non-hydrogen) atoms. The second-order valence-corrected chi connectivity index (χ2v) is 6.75. The Morgan fingerprint density at radius 1 is 1.14 bits per heavy atom. The molecule has 0 aromatic carbocycles. The molecule has 1 N–H and O–H groups in total. The van der Waals surface area contributed by atoms with E-state index in [9.17, 15) is 0 Å². The molecular formula is C17H35N3O. The molecule has 0 radical (unpaired) electrons. The molecule has 2 aliphatic heterocycles. The van der Waals surface area contributed by atoms with Crippen LogP contribution in [0.4, 0.5) is 0 Å². The van der Waals surface area contributed by atoms with Crippen LogP contribution in [-0.4, -0.2) is 74.9 Å². The molecule has 0 amide bonds. The van der Waals surface area contributed by atoms with Crippen LogP contribution in [0.3, 0.4) is 0 Å². The average molecular weight is 297 g/mol. The van der Waals surface area contributed by atoms with E-state index in [2.05, 4.69) is 29.0 Å². The number of rotatable bonds is 8. The predicted octanol–water partition coefficient (Wildman–Crippen LogP) is 1.81. The summed E-state index contributed by atoms with van der Waals surface area (Å²) >= 11 is 0. The summed E-state index contributed by atoms with van der Waals surface area (Å²) in [7, 11) is 0. The lowest BCUT2D eigenvalue weighted by atomic mass is 9.91. The topological polar surface area (TPSA) is 27.7 Å². The third-order valence-corrected chi connectivity index (χ3v) is 5.01. The Labute approximate surface area is 131 Å². The summed E-state index contributed by atoms with van der Waals surface area (Å²) in [5.74, 6) is 0.841. The van der Waals surface area contributed by atoms with Crippen molar-refractivity contribution in [1.82, 2.24) is 15.1 Å². The lowest BCUT2D eigenvalue weighted by Gasteiger charge is -2.36. The fourth-order valence-corrected chi connectivity index (χ4v) is 3.64. The van der Waals surface area contributed by atoms with E-state index in [4.69, 9.17) is 4.74 Å². The molecule has 2 atom stereocenters. The molecule has 0 aliphatic carbocycles. The highest BCUT2D eigenvalue weighted by Crippen LogP contribution is 2.19. The van der Waals surface area contributed by atoms with Crippen molar-refractivity contribution < 1.29 is 4.74 Å². The second kappa shape index (κ2) is 9.78. The SMILES string of the molecule is CCCN1CCCC(C(C)NCCCN2CCOCC2)C1. The van der Waals surface area contributed by atoms with Crippen LogP contribution in [0.5, 0.6) is 0 Å². The summed E-state index contributed by atoms with van der Waals surface area (Å²) in [6.07, 6.45) is 5.33. The van der Waals surface area contributed by atoms with Crippen molar-refractivity contribution in [3.8, 4) is 0 Å². The zero-order chi connectivity index (χ0) is 14.9. The molecule has 2 heterocycles. The minimum absolute atomic E-state index is 0.661. The van der Waals surface area contributed by atoms with Crippen LogP contribution in [-0.2, 0) is 4.74 Å². The van der Waals surface area contributed by atoms with Crippen molar-refractivity contribution in [3.05, 3.63) is 0 Å². The minimum atomic E-state index is 0.661. The van der Waals surface area contributed by atoms with Crippen LogP contribution in [0.15, 0.2) is 0 Å². The Morgan fingerprint density at radius 2 is 1.95 bits per heavy atom. The Bertz CT molecular complexity index is 267. The monoisotopic (exact) mass is 297 g/mol. The van der Waals surface area contributed by atoms with Crippen molar-refractivity contribution in [1.29, 1.82) is 0 Å². The number of hydrogen-bond acceptors (Lipinski definition) is 4. The number of piperidine rings is 1. The molecular weight excluding hydrogens is 262 g/mol. The molecule has 2 saturated heterocycles. The number of nitrogens with one attached hydrogen (secondary N) is 1. The summed E-state index contributed by atoms with van der Waals surface area (Å²) in [5, 5.41) is 3.77. The summed E-state index contributed by atoms with van der Waals surface area (Å²) in [5.41, 5.74) is 0. The molecule has 0 aromatic rings. The Kier molecular flexibility index (Phi) is 8.01. The lowest BCUT2D eigenvalue weighted by Crippen LogP contribution is -2.45. The van der Waals surface area contributed by atoms with Crippen LogP contribution >= 0.6 is 0 Å². The van der Waals surface area contributed by atoms with Gasteiger partial charge in [0.1, 0.15) is 0 Å². The van der Waals surface area contributed by atoms with E-state index in [-0.39, 0.29) is 0 Å². The van der Waals surface area contributed by atoms with Crippen molar-refractivity contribution in [2.75, 3.05) is 59.0 Å². The van der Waals surface area contributed by atoms with Gasteiger partial charge in [0.25, 0.3) is 0 Å². The predicted molar refractivity (Wildman–Crippen MR) is 88.8 cm³/mol. The maximum absolute atomic E-state index is 5.39. The normalized spacial score (nSPS) is 26.9. The molecule has 4 nitrogen and oxygen atoms in total. The molecule has 0 aromatic heterocycles. The van der Waals surface area contributed by atoms with Crippen molar-refractivity contribution >= 4 is 0 Å². The first-order valence-electron chi connectivity index (χ1n) is 9.05. The van der Waals surface area contributed by atoms with Gasteiger partial charge in [0.2, 0.25) is 0 Å². The number of nitrogens with zero attached hydrogens (tertiary/aromatic N) is 2. The van der Waals surface area contributed by atoms with Gasteiger partial charge < -0.3 is 15.0 Å². The highest BCUT2D eigenvalue weighted by molar-refractivity contribution is 4.80. The van der Waals surface area contributed by atoms with Crippen LogP contribution in [0.1, 0.15) is 39.5 Å². The molecule has 2 fully saturated rings. The van der Waals surface area contributed by atoms with E-state index < -0.39 is 0 Å². The standard InChI is InChI=1S/C17H35N3O/c1-3-8-20-9-4-6-17(15-20)16(2)18-7-5-10-19-11-13-21-14-12-19/h16-18H,3-15H2,1-2H3. The van der Waals surface area contributed by atoms with E-state index in [0.717, 1.165) is 38.8 Å². The van der Waals surface area contributed by atoms with Gasteiger partial charge in [0, 0.05) is 25.7 Å². The van der Waals surface area contributed by atoms with E-state index >= 15 is 0 Å². The molecule has 2 unspecified atom stereocenters. The third-order valence-electron chi connectivity index (χ3n) is 5.01.